The van der Waals surface area contributed by atoms with Crippen molar-refractivity contribution in [2.75, 3.05) is 12.8 Å². The molecule has 1 atom stereocenters. The van der Waals surface area contributed by atoms with Crippen molar-refractivity contribution in [1.29, 1.82) is 5.26 Å². The second-order valence-corrected chi connectivity index (χ2v) is 4.00. The minimum Gasteiger partial charge on any atom is -0.468 e. The molecule has 0 amide bonds. The molecule has 1 N–H and O–H groups in total. The van der Waals surface area contributed by atoms with Crippen LogP contribution in [-0.4, -0.2) is 18.8 Å². The zero-order chi connectivity index (χ0) is 10.2. The first kappa shape index (κ1) is 11.2. The number of thioether (sulfide) groups is 1. The normalized spacial score (nSPS) is 12.3. The molecule has 4 heteroatoms. The molecular formula is C10H14N2OS. The van der Waals surface area contributed by atoms with Gasteiger partial charge in [-0.25, -0.2) is 0 Å². The molecule has 0 bridgehead atoms. The highest BCUT2D eigenvalue weighted by Crippen LogP contribution is 2.13. The number of nitriles is 1. The minimum absolute atomic E-state index is 0.0286. The van der Waals surface area contributed by atoms with Crippen LogP contribution in [0.25, 0.3) is 0 Å². The summed E-state index contributed by atoms with van der Waals surface area (Å²) in [6.45, 7) is 0. The van der Waals surface area contributed by atoms with E-state index in [0.717, 1.165) is 23.7 Å². The molecule has 0 aliphatic carbocycles. The van der Waals surface area contributed by atoms with Crippen LogP contribution in [0.15, 0.2) is 22.8 Å². The van der Waals surface area contributed by atoms with Crippen molar-refractivity contribution >= 4 is 11.8 Å². The van der Waals surface area contributed by atoms with Crippen LogP contribution in [0.4, 0.5) is 0 Å². The maximum Gasteiger partial charge on any atom is 0.113 e. The molecule has 0 aliphatic rings. The molecule has 0 saturated heterocycles. The first-order valence-corrected chi connectivity index (χ1v) is 5.69. The summed E-state index contributed by atoms with van der Waals surface area (Å²) in [5.74, 6) is 2.85. The highest BCUT2D eigenvalue weighted by molar-refractivity contribution is 7.98. The second-order valence-electron chi connectivity index (χ2n) is 2.89. The smallest absolute Gasteiger partial charge is 0.113 e. The first-order valence-electron chi connectivity index (χ1n) is 4.54. The Kier molecular flexibility index (Phi) is 5.20. The molecule has 14 heavy (non-hydrogen) atoms. The second kappa shape index (κ2) is 6.52. The number of nitrogens with zero attached hydrogens (tertiary/aromatic N) is 1. The Hall–Kier alpha value is -0.920. The third-order valence-corrected chi connectivity index (χ3v) is 2.89. The highest BCUT2D eigenvalue weighted by Gasteiger charge is 2.03. The molecule has 0 radical (unpaired) electrons. The van der Waals surface area contributed by atoms with Gasteiger partial charge in [0, 0.05) is 0 Å². The summed E-state index contributed by atoms with van der Waals surface area (Å²) in [6, 6.07) is 6.02. The van der Waals surface area contributed by atoms with Gasteiger partial charge in [-0.05, 0) is 31.4 Å². The van der Waals surface area contributed by atoms with Gasteiger partial charge in [0.25, 0.3) is 0 Å². The Morgan fingerprint density at radius 2 is 2.57 bits per heavy atom. The lowest BCUT2D eigenvalue weighted by Gasteiger charge is -2.05. The molecular weight excluding hydrogens is 196 g/mol. The van der Waals surface area contributed by atoms with Crippen LogP contribution < -0.4 is 5.32 Å². The summed E-state index contributed by atoms with van der Waals surface area (Å²) < 4.78 is 5.19. The summed E-state index contributed by atoms with van der Waals surface area (Å²) in [5.41, 5.74) is 0. The fourth-order valence-corrected chi connectivity index (χ4v) is 1.95. The van der Waals surface area contributed by atoms with Gasteiger partial charge in [0.1, 0.15) is 5.76 Å². The lowest BCUT2D eigenvalue weighted by molar-refractivity contribution is 0.530. The quantitative estimate of drug-likeness (QED) is 0.730. The van der Waals surface area contributed by atoms with Gasteiger partial charge in [0.05, 0.1) is 24.1 Å². The third-order valence-electron chi connectivity index (χ3n) is 1.88. The van der Waals surface area contributed by atoms with Gasteiger partial charge in [-0.2, -0.15) is 17.0 Å². The van der Waals surface area contributed by atoms with Crippen molar-refractivity contribution in [2.24, 2.45) is 0 Å². The Morgan fingerprint density at radius 3 is 3.14 bits per heavy atom. The predicted octanol–water partition coefficient (Wildman–Crippen LogP) is 2.01. The van der Waals surface area contributed by atoms with E-state index in [4.69, 9.17) is 9.68 Å². The van der Waals surface area contributed by atoms with E-state index in [9.17, 15) is 0 Å². The monoisotopic (exact) mass is 210 g/mol. The maximum absolute atomic E-state index is 8.67. The molecule has 1 rings (SSSR count). The van der Waals surface area contributed by atoms with Crippen molar-refractivity contribution in [3.8, 4) is 6.07 Å². The van der Waals surface area contributed by atoms with Gasteiger partial charge < -0.3 is 9.73 Å². The van der Waals surface area contributed by atoms with Gasteiger partial charge in [-0.1, -0.05) is 0 Å². The van der Waals surface area contributed by atoms with Crippen LogP contribution >= 0.6 is 11.8 Å². The maximum atomic E-state index is 8.67. The minimum atomic E-state index is -0.0286. The van der Waals surface area contributed by atoms with Gasteiger partial charge in [0.15, 0.2) is 0 Å². The SMILES string of the molecule is CNC(C#N)CCSCc1ccco1. The largest absolute Gasteiger partial charge is 0.468 e. The molecule has 76 valence electrons. The van der Waals surface area contributed by atoms with Crippen LogP contribution in [0, 0.1) is 11.3 Å². The highest BCUT2D eigenvalue weighted by atomic mass is 32.2. The standard InChI is InChI=1S/C10H14N2OS/c1-12-9(7-11)4-6-14-8-10-3-2-5-13-10/h2-3,5,9,12H,4,6,8H2,1H3. The molecule has 1 heterocycles. The van der Waals surface area contributed by atoms with Crippen LogP contribution in [-0.2, 0) is 5.75 Å². The molecule has 0 aliphatic heterocycles. The fraction of sp³-hybridized carbons (Fsp3) is 0.500. The molecule has 0 saturated carbocycles. The van der Waals surface area contributed by atoms with Gasteiger partial charge in [-0.15, -0.1) is 0 Å². The number of rotatable bonds is 6. The van der Waals surface area contributed by atoms with E-state index in [1.54, 1.807) is 18.0 Å². The zero-order valence-corrected chi connectivity index (χ0v) is 9.01. The lowest BCUT2D eigenvalue weighted by atomic mass is 10.3. The van der Waals surface area contributed by atoms with E-state index in [1.165, 1.54) is 0 Å². The van der Waals surface area contributed by atoms with Crippen LogP contribution in [0.3, 0.4) is 0 Å². The van der Waals surface area contributed by atoms with Crippen LogP contribution in [0.1, 0.15) is 12.2 Å². The Balaban J connectivity index is 2.08. The van der Waals surface area contributed by atoms with Crippen molar-refractivity contribution in [3.05, 3.63) is 24.2 Å². The predicted molar refractivity (Wildman–Crippen MR) is 57.9 cm³/mol. The topological polar surface area (TPSA) is 49.0 Å². The van der Waals surface area contributed by atoms with E-state index in [1.807, 2.05) is 19.2 Å². The summed E-state index contributed by atoms with van der Waals surface area (Å²) in [4.78, 5) is 0. The fourth-order valence-electron chi connectivity index (χ4n) is 1.04. The lowest BCUT2D eigenvalue weighted by Crippen LogP contribution is -2.23. The number of nitrogens with one attached hydrogen (secondary N) is 1. The number of hydrogen-bond donors (Lipinski definition) is 1. The van der Waals surface area contributed by atoms with E-state index < -0.39 is 0 Å². The molecule has 3 nitrogen and oxygen atoms in total. The summed E-state index contributed by atoms with van der Waals surface area (Å²) in [7, 11) is 1.81. The van der Waals surface area contributed by atoms with Crippen molar-refractivity contribution in [1.82, 2.24) is 5.32 Å². The van der Waals surface area contributed by atoms with Crippen LogP contribution in [0.5, 0.6) is 0 Å². The molecule has 0 fully saturated rings. The van der Waals surface area contributed by atoms with Crippen molar-refractivity contribution in [3.63, 3.8) is 0 Å². The summed E-state index contributed by atoms with van der Waals surface area (Å²) in [6.07, 6.45) is 2.56. The van der Waals surface area contributed by atoms with Gasteiger partial charge in [0.2, 0.25) is 0 Å². The Bertz CT molecular complexity index is 279. The first-order chi connectivity index (χ1) is 6.86. The summed E-state index contributed by atoms with van der Waals surface area (Å²) in [5, 5.41) is 11.6. The average molecular weight is 210 g/mol. The Morgan fingerprint density at radius 1 is 1.71 bits per heavy atom. The molecule has 0 aromatic carbocycles. The number of hydrogen-bond acceptors (Lipinski definition) is 4. The zero-order valence-electron chi connectivity index (χ0n) is 8.19. The average Bonchev–Trinajstić information content (AvgIpc) is 2.71. The van der Waals surface area contributed by atoms with Crippen molar-refractivity contribution < 1.29 is 4.42 Å². The van der Waals surface area contributed by atoms with E-state index >= 15 is 0 Å². The van der Waals surface area contributed by atoms with Crippen LogP contribution in [0.2, 0.25) is 0 Å². The van der Waals surface area contributed by atoms with E-state index in [2.05, 4.69) is 11.4 Å². The van der Waals surface area contributed by atoms with Crippen molar-refractivity contribution in [2.45, 2.75) is 18.2 Å². The summed E-state index contributed by atoms with van der Waals surface area (Å²) >= 11 is 1.79. The molecule has 1 aromatic rings. The Labute approximate surface area is 88.5 Å². The van der Waals surface area contributed by atoms with Gasteiger partial charge in [-0.3, -0.25) is 0 Å². The molecule has 1 unspecified atom stereocenters. The third kappa shape index (κ3) is 3.86. The number of furan rings is 1. The van der Waals surface area contributed by atoms with E-state index in [0.29, 0.717) is 0 Å². The van der Waals surface area contributed by atoms with Gasteiger partial charge >= 0.3 is 0 Å². The molecule has 0 spiro atoms. The van der Waals surface area contributed by atoms with E-state index in [-0.39, 0.29) is 6.04 Å². The molecule has 1 aromatic heterocycles.